The number of benzene rings is 1. The molecule has 3 nitrogen and oxygen atoms in total. The molecule has 1 aromatic rings. The molecule has 3 heteroatoms. The van der Waals surface area contributed by atoms with Crippen LogP contribution >= 0.6 is 0 Å². The van der Waals surface area contributed by atoms with E-state index in [0.717, 1.165) is 30.5 Å². The van der Waals surface area contributed by atoms with Crippen LogP contribution in [0, 0.1) is 6.92 Å². The molecule has 1 fully saturated rings. The van der Waals surface area contributed by atoms with Gasteiger partial charge in [-0.15, -0.1) is 0 Å². The van der Waals surface area contributed by atoms with Gasteiger partial charge in [-0.25, -0.2) is 0 Å². The summed E-state index contributed by atoms with van der Waals surface area (Å²) in [5.74, 6) is 1.78. The lowest BCUT2D eigenvalue weighted by Gasteiger charge is -2.08. The second kappa shape index (κ2) is 3.98. The molecule has 0 saturated heterocycles. The van der Waals surface area contributed by atoms with Crippen molar-refractivity contribution in [3.8, 4) is 11.5 Å². The predicted molar refractivity (Wildman–Crippen MR) is 62.0 cm³/mol. The Morgan fingerprint density at radius 2 is 2.00 bits per heavy atom. The summed E-state index contributed by atoms with van der Waals surface area (Å²) in [4.78, 5) is 0. The van der Waals surface area contributed by atoms with Crippen LogP contribution in [0.4, 0.5) is 0 Å². The van der Waals surface area contributed by atoms with E-state index in [2.05, 4.69) is 24.4 Å². The smallest absolute Gasteiger partial charge is 0.231 e. The van der Waals surface area contributed by atoms with Crippen molar-refractivity contribution in [3.05, 3.63) is 23.3 Å². The summed E-state index contributed by atoms with van der Waals surface area (Å²) in [6, 6.07) is 4.98. The Bertz CT molecular complexity index is 399. The molecule has 1 aliphatic heterocycles. The van der Waals surface area contributed by atoms with E-state index in [9.17, 15) is 0 Å². The van der Waals surface area contributed by atoms with Crippen molar-refractivity contribution in [1.82, 2.24) is 5.32 Å². The van der Waals surface area contributed by atoms with E-state index in [4.69, 9.17) is 9.47 Å². The third-order valence-corrected chi connectivity index (χ3v) is 3.24. The van der Waals surface area contributed by atoms with E-state index in [1.165, 1.54) is 24.0 Å². The van der Waals surface area contributed by atoms with Gasteiger partial charge in [0.05, 0.1) is 0 Å². The number of ether oxygens (including phenoxy) is 2. The van der Waals surface area contributed by atoms with Crippen LogP contribution in [0.15, 0.2) is 12.1 Å². The number of hydrogen-bond acceptors (Lipinski definition) is 3. The molecule has 1 saturated carbocycles. The van der Waals surface area contributed by atoms with Gasteiger partial charge in [0, 0.05) is 6.04 Å². The first-order valence-corrected chi connectivity index (χ1v) is 5.95. The third-order valence-electron chi connectivity index (χ3n) is 3.24. The van der Waals surface area contributed by atoms with Crippen molar-refractivity contribution in [2.45, 2.75) is 32.2 Å². The van der Waals surface area contributed by atoms with E-state index in [1.54, 1.807) is 0 Å². The van der Waals surface area contributed by atoms with Crippen molar-refractivity contribution in [1.29, 1.82) is 0 Å². The molecule has 2 aliphatic rings. The average molecular weight is 219 g/mol. The molecule has 1 N–H and O–H groups in total. The zero-order chi connectivity index (χ0) is 11.0. The maximum Gasteiger partial charge on any atom is 0.231 e. The highest BCUT2D eigenvalue weighted by Gasteiger charge is 2.20. The highest BCUT2D eigenvalue weighted by molar-refractivity contribution is 5.48. The average Bonchev–Trinajstić information content (AvgIpc) is 2.98. The minimum atomic E-state index is 0.360. The lowest BCUT2D eigenvalue weighted by Crippen LogP contribution is -2.19. The van der Waals surface area contributed by atoms with Crippen LogP contribution in [0.5, 0.6) is 11.5 Å². The van der Waals surface area contributed by atoms with Crippen LogP contribution in [-0.2, 0) is 6.42 Å². The van der Waals surface area contributed by atoms with Gasteiger partial charge in [0.2, 0.25) is 6.79 Å². The molecule has 0 spiro atoms. The first-order valence-electron chi connectivity index (χ1n) is 5.95. The molecule has 3 rings (SSSR count). The predicted octanol–water partition coefficient (Wildman–Crippen LogP) is 2.02. The number of aryl methyl sites for hydroxylation is 1. The van der Waals surface area contributed by atoms with Gasteiger partial charge in [-0.1, -0.05) is 0 Å². The summed E-state index contributed by atoms with van der Waals surface area (Å²) < 4.78 is 10.7. The van der Waals surface area contributed by atoms with E-state index < -0.39 is 0 Å². The second-order valence-corrected chi connectivity index (χ2v) is 4.61. The highest BCUT2D eigenvalue weighted by Crippen LogP contribution is 2.34. The second-order valence-electron chi connectivity index (χ2n) is 4.61. The number of hydrogen-bond donors (Lipinski definition) is 1. The van der Waals surface area contributed by atoms with Gasteiger partial charge in [0.1, 0.15) is 0 Å². The fourth-order valence-corrected chi connectivity index (χ4v) is 2.05. The summed E-state index contributed by atoms with van der Waals surface area (Å²) in [6.45, 7) is 3.55. The lowest BCUT2D eigenvalue weighted by atomic mass is 10.0. The van der Waals surface area contributed by atoms with Crippen LogP contribution in [0.3, 0.4) is 0 Å². The van der Waals surface area contributed by atoms with E-state index in [1.807, 2.05) is 0 Å². The molecule has 86 valence electrons. The van der Waals surface area contributed by atoms with E-state index in [-0.39, 0.29) is 0 Å². The van der Waals surface area contributed by atoms with Crippen LogP contribution in [0.2, 0.25) is 0 Å². The van der Waals surface area contributed by atoms with E-state index >= 15 is 0 Å². The molecule has 1 heterocycles. The normalized spacial score (nSPS) is 17.8. The lowest BCUT2D eigenvalue weighted by molar-refractivity contribution is 0.174. The van der Waals surface area contributed by atoms with Gasteiger partial charge in [-0.3, -0.25) is 0 Å². The van der Waals surface area contributed by atoms with Gasteiger partial charge in [-0.05, 0) is 56.0 Å². The Labute approximate surface area is 95.8 Å². The molecule has 16 heavy (non-hydrogen) atoms. The summed E-state index contributed by atoms with van der Waals surface area (Å²) in [5, 5.41) is 3.53. The van der Waals surface area contributed by atoms with Crippen molar-refractivity contribution in [2.75, 3.05) is 13.3 Å². The van der Waals surface area contributed by atoms with Crippen LogP contribution in [0.25, 0.3) is 0 Å². The standard InChI is InChI=1S/C13H17NO2/c1-9-6-12-13(16-8-15-12)7-10(9)4-5-14-11-2-3-11/h6-7,11,14H,2-5,8H2,1H3. The highest BCUT2D eigenvalue weighted by atomic mass is 16.7. The fourth-order valence-electron chi connectivity index (χ4n) is 2.05. The zero-order valence-corrected chi connectivity index (χ0v) is 9.58. The van der Waals surface area contributed by atoms with Crippen molar-refractivity contribution in [3.63, 3.8) is 0 Å². The number of rotatable bonds is 4. The Hall–Kier alpha value is -1.22. The Morgan fingerprint density at radius 1 is 1.25 bits per heavy atom. The zero-order valence-electron chi connectivity index (χ0n) is 9.58. The Kier molecular flexibility index (Phi) is 2.48. The van der Waals surface area contributed by atoms with Gasteiger partial charge < -0.3 is 14.8 Å². The molecule has 0 atom stereocenters. The maximum atomic E-state index is 5.39. The summed E-state index contributed by atoms with van der Waals surface area (Å²) >= 11 is 0. The molecule has 0 unspecified atom stereocenters. The van der Waals surface area contributed by atoms with Gasteiger partial charge >= 0.3 is 0 Å². The summed E-state index contributed by atoms with van der Waals surface area (Å²) in [6.07, 6.45) is 3.76. The maximum absolute atomic E-state index is 5.39. The molecule has 0 aromatic heterocycles. The first kappa shape index (κ1) is 9.97. The molecule has 0 bridgehead atoms. The van der Waals surface area contributed by atoms with Gasteiger partial charge in [-0.2, -0.15) is 0 Å². The topological polar surface area (TPSA) is 30.5 Å². The van der Waals surface area contributed by atoms with Crippen LogP contribution < -0.4 is 14.8 Å². The van der Waals surface area contributed by atoms with Crippen molar-refractivity contribution < 1.29 is 9.47 Å². The molecular weight excluding hydrogens is 202 g/mol. The molecule has 0 radical (unpaired) electrons. The quantitative estimate of drug-likeness (QED) is 0.840. The summed E-state index contributed by atoms with van der Waals surface area (Å²) in [7, 11) is 0. The largest absolute Gasteiger partial charge is 0.454 e. The SMILES string of the molecule is Cc1cc2c(cc1CCNC1CC1)OCO2. The number of nitrogens with one attached hydrogen (secondary N) is 1. The molecular formula is C13H17NO2. The number of fused-ring (bicyclic) bond motifs is 1. The van der Waals surface area contributed by atoms with Crippen molar-refractivity contribution >= 4 is 0 Å². The third kappa shape index (κ3) is 2.00. The monoisotopic (exact) mass is 219 g/mol. The minimum Gasteiger partial charge on any atom is -0.454 e. The fraction of sp³-hybridized carbons (Fsp3) is 0.538. The van der Waals surface area contributed by atoms with Crippen molar-refractivity contribution in [2.24, 2.45) is 0 Å². The van der Waals surface area contributed by atoms with Crippen LogP contribution in [-0.4, -0.2) is 19.4 Å². The molecule has 1 aromatic carbocycles. The first-order chi connectivity index (χ1) is 7.83. The Balaban J connectivity index is 1.68. The summed E-state index contributed by atoms with van der Waals surface area (Å²) in [5.41, 5.74) is 2.65. The van der Waals surface area contributed by atoms with Crippen LogP contribution in [0.1, 0.15) is 24.0 Å². The van der Waals surface area contributed by atoms with Gasteiger partial charge in [0.25, 0.3) is 0 Å². The van der Waals surface area contributed by atoms with Gasteiger partial charge in [0.15, 0.2) is 11.5 Å². The Morgan fingerprint density at radius 3 is 2.75 bits per heavy atom. The molecule has 0 amide bonds. The molecule has 1 aliphatic carbocycles. The van der Waals surface area contributed by atoms with E-state index in [0.29, 0.717) is 6.79 Å². The minimum absolute atomic E-state index is 0.360.